The molecule has 0 N–H and O–H groups in total. The van der Waals surface area contributed by atoms with Crippen LogP contribution in [0.4, 0.5) is 0 Å². The Balaban J connectivity index is 0. The minimum atomic E-state index is 0. The second-order valence-corrected chi connectivity index (χ2v) is 0.735. The van der Waals surface area contributed by atoms with Gasteiger partial charge in [0.2, 0.25) is 0 Å². The molecule has 4 heteroatoms. The molecule has 0 aromatic carbocycles. The van der Waals surface area contributed by atoms with Crippen LogP contribution < -0.4 is 0 Å². The maximum absolute atomic E-state index is 3.64. The fraction of sp³-hybridized carbons (Fsp3) is 0. The molecule has 0 aliphatic carbocycles. The van der Waals surface area contributed by atoms with E-state index in [1.54, 1.807) is 0 Å². The van der Waals surface area contributed by atoms with Crippen molar-refractivity contribution in [1.82, 2.24) is 0 Å². The molecule has 0 heterocycles. The molecule has 0 aliphatic rings. The molecule has 1 nitrogen and oxygen atoms in total. The van der Waals surface area contributed by atoms with Crippen molar-refractivity contribution in [3.63, 3.8) is 0 Å². The largest absolute Gasteiger partial charge is 0.254 e. The van der Waals surface area contributed by atoms with Gasteiger partial charge in [-0.05, 0) is 25.8 Å². The van der Waals surface area contributed by atoms with Gasteiger partial charge in [0, 0.05) is 9.90 Å². The zero-order chi connectivity index (χ0) is 2.71. The van der Waals surface area contributed by atoms with E-state index in [9.17, 15) is 0 Å². The summed E-state index contributed by atoms with van der Waals surface area (Å²) in [6.45, 7) is 0. The third-order valence-electron chi connectivity index (χ3n) is 0. The van der Waals surface area contributed by atoms with Crippen LogP contribution in [0.25, 0.3) is 0 Å². The molecule has 0 aromatic heterocycles. The third kappa shape index (κ3) is 11.4. The smallest absolute Gasteiger partial charge is 0 e. The lowest BCUT2D eigenvalue weighted by Crippen LogP contribution is -1.17. The van der Waals surface area contributed by atoms with Crippen molar-refractivity contribution in [2.24, 2.45) is 0 Å². The van der Waals surface area contributed by atoms with E-state index in [0.29, 0.717) is 0 Å². The molecular weight excluding hydrogens is 111 g/mol. The lowest BCUT2D eigenvalue weighted by atomic mass is 15.9. The van der Waals surface area contributed by atoms with E-state index in [1.165, 1.54) is 0 Å². The van der Waals surface area contributed by atoms with Crippen LogP contribution in [0.15, 0.2) is 0 Å². The van der Waals surface area contributed by atoms with Crippen LogP contribution in [0.2, 0.25) is 0 Å². The summed E-state index contributed by atoms with van der Waals surface area (Å²) in [6.07, 6.45) is 0. The van der Waals surface area contributed by atoms with E-state index in [1.807, 2.05) is 0 Å². The summed E-state index contributed by atoms with van der Waals surface area (Å²) in [6, 6.07) is 0. The van der Waals surface area contributed by atoms with Gasteiger partial charge in [-0.25, -0.2) is 0 Å². The van der Waals surface area contributed by atoms with Crippen molar-refractivity contribution in [3.8, 4) is 0 Å². The number of rotatable bonds is 0. The van der Waals surface area contributed by atoms with E-state index in [-0.39, 0.29) is 9.90 Å². The standard InChI is InChI=1S/H2OS2.P/c2-1-3;/h2-3H;. The Morgan fingerprint density at radius 2 is 1.25 bits per heavy atom. The van der Waals surface area contributed by atoms with Crippen molar-refractivity contribution < 1.29 is 3.63 Å². The van der Waals surface area contributed by atoms with Crippen molar-refractivity contribution in [1.29, 1.82) is 0 Å². The van der Waals surface area contributed by atoms with Crippen LogP contribution in [-0.4, -0.2) is 0 Å². The number of hydrogen-bond acceptors (Lipinski definition) is 3. The molecule has 0 saturated heterocycles. The van der Waals surface area contributed by atoms with Gasteiger partial charge in [0.05, 0.1) is 0 Å². The van der Waals surface area contributed by atoms with Crippen molar-refractivity contribution in [2.45, 2.75) is 0 Å². The lowest BCUT2D eigenvalue weighted by Gasteiger charge is -1.55. The molecule has 0 amide bonds. The predicted octanol–water partition coefficient (Wildman–Crippen LogP) is 1.55. The predicted molar refractivity (Wildman–Crippen MR) is 26.0 cm³/mol. The van der Waals surface area contributed by atoms with Gasteiger partial charge < -0.3 is 0 Å². The number of hydrogen-bond donors (Lipinski definition) is 2. The molecule has 0 aromatic rings. The van der Waals surface area contributed by atoms with E-state index in [0.717, 1.165) is 0 Å². The first-order valence-corrected chi connectivity index (χ1v) is 1.10. The van der Waals surface area contributed by atoms with Crippen LogP contribution in [-0.2, 0) is 3.63 Å². The molecule has 4 heavy (non-hydrogen) atoms. The van der Waals surface area contributed by atoms with E-state index in [4.69, 9.17) is 0 Å². The van der Waals surface area contributed by atoms with E-state index in [2.05, 4.69) is 29.4 Å². The van der Waals surface area contributed by atoms with Crippen LogP contribution >= 0.6 is 35.7 Å². The van der Waals surface area contributed by atoms with Crippen LogP contribution in [0.1, 0.15) is 0 Å². The topological polar surface area (TPSA) is 9.23 Å². The third-order valence-corrected chi connectivity index (χ3v) is 0. The zero-order valence-corrected chi connectivity index (χ0v) is 4.43. The van der Waals surface area contributed by atoms with Gasteiger partial charge in [0.25, 0.3) is 0 Å². The molecule has 25 valence electrons. The minimum Gasteiger partial charge on any atom is -0.254 e. The first-order chi connectivity index (χ1) is 1.41. The first kappa shape index (κ1) is 8.92. The maximum atomic E-state index is 3.64. The average Bonchev–Trinajstić information content (AvgIpc) is 0.918. The molecule has 0 spiro atoms. The summed E-state index contributed by atoms with van der Waals surface area (Å²) in [4.78, 5) is 0. The second kappa shape index (κ2) is 8.94. The minimum absolute atomic E-state index is 0. The Bertz CT molecular complexity index is 6.00. The van der Waals surface area contributed by atoms with Gasteiger partial charge in [0.1, 0.15) is 0 Å². The lowest BCUT2D eigenvalue weighted by molar-refractivity contribution is 0.791. The zero-order valence-electron chi connectivity index (χ0n) is 1.75. The van der Waals surface area contributed by atoms with Gasteiger partial charge in [-0.3, -0.25) is 3.63 Å². The Kier molecular flexibility index (Phi) is 19.9. The second-order valence-electron chi connectivity index (χ2n) is 0.0816. The monoisotopic (exact) mass is 113 g/mol. The summed E-state index contributed by atoms with van der Waals surface area (Å²) in [5, 5.41) is 0. The molecule has 0 bridgehead atoms. The van der Waals surface area contributed by atoms with Crippen LogP contribution in [0, 0.1) is 0 Å². The molecule has 0 unspecified atom stereocenters. The fourth-order valence-corrected chi connectivity index (χ4v) is 0. The normalized spacial score (nSPS) is 4.50. The highest BCUT2D eigenvalue weighted by Crippen LogP contribution is 1.75. The summed E-state index contributed by atoms with van der Waals surface area (Å²) in [5.41, 5.74) is 0. The van der Waals surface area contributed by atoms with Crippen molar-refractivity contribution in [3.05, 3.63) is 0 Å². The molecule has 0 saturated carbocycles. The van der Waals surface area contributed by atoms with Crippen molar-refractivity contribution in [2.75, 3.05) is 0 Å². The molecular formula is H2OPS2. The highest BCUT2D eigenvalue weighted by atomic mass is 32.2. The van der Waals surface area contributed by atoms with E-state index < -0.39 is 0 Å². The molecule has 0 atom stereocenters. The summed E-state index contributed by atoms with van der Waals surface area (Å²) >= 11 is 6.31. The summed E-state index contributed by atoms with van der Waals surface area (Å²) < 4.78 is 3.64. The van der Waals surface area contributed by atoms with Crippen molar-refractivity contribution >= 4 is 35.7 Å². The Labute approximate surface area is 40.0 Å². The average molecular weight is 113 g/mol. The van der Waals surface area contributed by atoms with Crippen LogP contribution in [0.5, 0.6) is 0 Å². The van der Waals surface area contributed by atoms with Gasteiger partial charge >= 0.3 is 0 Å². The summed E-state index contributed by atoms with van der Waals surface area (Å²) in [5.74, 6) is 0. The molecule has 3 radical (unpaired) electrons. The number of thiol groups is 2. The highest BCUT2D eigenvalue weighted by Gasteiger charge is 1.29. The van der Waals surface area contributed by atoms with Gasteiger partial charge in [-0.1, -0.05) is 0 Å². The summed E-state index contributed by atoms with van der Waals surface area (Å²) in [7, 11) is 0. The molecule has 0 rings (SSSR count). The van der Waals surface area contributed by atoms with Gasteiger partial charge in [0.15, 0.2) is 0 Å². The van der Waals surface area contributed by atoms with Gasteiger partial charge in [-0.15, -0.1) is 0 Å². The Morgan fingerprint density at radius 3 is 1.25 bits per heavy atom. The van der Waals surface area contributed by atoms with Gasteiger partial charge in [-0.2, -0.15) is 0 Å². The maximum Gasteiger partial charge on any atom is 0 e. The first-order valence-electron chi connectivity index (χ1n) is 0.365. The highest BCUT2D eigenvalue weighted by molar-refractivity contribution is 7.89. The van der Waals surface area contributed by atoms with Crippen LogP contribution in [0.3, 0.4) is 0 Å². The molecule has 0 aliphatic heterocycles. The molecule has 0 fully saturated rings. The quantitative estimate of drug-likeness (QED) is 0.275. The fourth-order valence-electron chi connectivity index (χ4n) is 0. The Hall–Kier alpha value is 1.09. The SMILES string of the molecule is SOS.[P]. The van der Waals surface area contributed by atoms with E-state index >= 15 is 0 Å². The Morgan fingerprint density at radius 1 is 1.25 bits per heavy atom.